The summed E-state index contributed by atoms with van der Waals surface area (Å²) in [5.41, 5.74) is 3.57. The molecule has 0 spiro atoms. The molecule has 0 aliphatic rings. The fourth-order valence-electron chi connectivity index (χ4n) is 2.15. The Morgan fingerprint density at radius 3 is 2.54 bits per heavy atom. The van der Waals surface area contributed by atoms with E-state index >= 15 is 0 Å². The van der Waals surface area contributed by atoms with Gasteiger partial charge in [-0.05, 0) is 35.0 Å². The van der Waals surface area contributed by atoms with Gasteiger partial charge in [-0.1, -0.05) is 59.8 Å². The Balaban J connectivity index is 0.00000208. The van der Waals surface area contributed by atoms with Gasteiger partial charge in [-0.2, -0.15) is 4.68 Å². The predicted octanol–water partition coefficient (Wildman–Crippen LogP) is 3.27. The van der Waals surface area contributed by atoms with Crippen molar-refractivity contribution >= 4 is 24.2 Å². The number of benzene rings is 2. The van der Waals surface area contributed by atoms with Crippen LogP contribution in [-0.2, 0) is 6.54 Å². The van der Waals surface area contributed by atoms with Crippen molar-refractivity contribution in [3.05, 3.63) is 65.7 Å². The van der Waals surface area contributed by atoms with Crippen molar-refractivity contribution in [3.63, 3.8) is 0 Å². The quantitative estimate of drug-likeness (QED) is 0.517. The summed E-state index contributed by atoms with van der Waals surface area (Å²) >= 11 is 1.65. The summed E-state index contributed by atoms with van der Waals surface area (Å²) in [6, 6.07) is 18.5. The van der Waals surface area contributed by atoms with Crippen LogP contribution in [0.1, 0.15) is 11.1 Å². The maximum atomic E-state index is 4.10. The largest absolute Gasteiger partial charge is 0.312 e. The summed E-state index contributed by atoms with van der Waals surface area (Å²) in [7, 11) is 0. The molecule has 1 aromatic heterocycles. The molecular weight excluding hydrogens is 342 g/mol. The Labute approximate surface area is 152 Å². The number of nitrogens with one attached hydrogen (secondary N) is 1. The first-order chi connectivity index (χ1) is 11.3. The molecule has 3 aromatic rings. The lowest BCUT2D eigenvalue weighted by Gasteiger charge is -2.06. The van der Waals surface area contributed by atoms with Gasteiger partial charge in [0.1, 0.15) is 0 Å². The van der Waals surface area contributed by atoms with E-state index < -0.39 is 0 Å². The summed E-state index contributed by atoms with van der Waals surface area (Å²) < 4.78 is 1.77. The highest BCUT2D eigenvalue weighted by molar-refractivity contribution is 7.99. The van der Waals surface area contributed by atoms with Gasteiger partial charge in [-0.25, -0.2) is 0 Å². The van der Waals surface area contributed by atoms with E-state index in [1.807, 2.05) is 30.3 Å². The molecule has 0 aliphatic heterocycles. The second kappa shape index (κ2) is 9.42. The van der Waals surface area contributed by atoms with Crippen molar-refractivity contribution in [3.8, 4) is 5.69 Å². The Kier molecular flexibility index (Phi) is 7.24. The minimum atomic E-state index is 0. The van der Waals surface area contributed by atoms with E-state index in [9.17, 15) is 0 Å². The monoisotopic (exact) mass is 361 g/mol. The van der Waals surface area contributed by atoms with Crippen LogP contribution in [-0.4, -0.2) is 32.5 Å². The molecule has 0 atom stereocenters. The molecule has 126 valence electrons. The van der Waals surface area contributed by atoms with Crippen molar-refractivity contribution in [1.29, 1.82) is 0 Å². The lowest BCUT2D eigenvalue weighted by molar-refractivity contribution is 0.728. The fraction of sp³-hybridized carbons (Fsp3) is 0.235. The van der Waals surface area contributed by atoms with Gasteiger partial charge in [0.2, 0.25) is 5.16 Å². The highest BCUT2D eigenvalue weighted by Gasteiger charge is 2.07. The number of halogens is 1. The van der Waals surface area contributed by atoms with E-state index in [1.165, 1.54) is 11.1 Å². The third kappa shape index (κ3) is 5.06. The third-order valence-corrected chi connectivity index (χ3v) is 4.32. The maximum absolute atomic E-state index is 4.10. The molecule has 0 fully saturated rings. The molecule has 2 aromatic carbocycles. The number of para-hydroxylation sites is 1. The first kappa shape index (κ1) is 18.4. The van der Waals surface area contributed by atoms with Gasteiger partial charge in [0.15, 0.2) is 0 Å². The average molecular weight is 362 g/mol. The van der Waals surface area contributed by atoms with E-state index in [0.717, 1.165) is 29.7 Å². The van der Waals surface area contributed by atoms with Gasteiger partial charge >= 0.3 is 0 Å². The smallest absolute Gasteiger partial charge is 0.214 e. The van der Waals surface area contributed by atoms with E-state index in [2.05, 4.69) is 52.0 Å². The first-order valence-electron chi connectivity index (χ1n) is 7.56. The number of aryl methyl sites for hydroxylation is 1. The fourth-order valence-corrected chi connectivity index (χ4v) is 2.94. The molecule has 0 bridgehead atoms. The molecule has 24 heavy (non-hydrogen) atoms. The van der Waals surface area contributed by atoms with Crippen molar-refractivity contribution in [1.82, 2.24) is 25.5 Å². The molecule has 1 heterocycles. The summed E-state index contributed by atoms with van der Waals surface area (Å²) in [5, 5.41) is 16.2. The van der Waals surface area contributed by atoms with Crippen LogP contribution in [0, 0.1) is 6.92 Å². The maximum Gasteiger partial charge on any atom is 0.214 e. The number of rotatable bonds is 7. The summed E-state index contributed by atoms with van der Waals surface area (Å²) in [6.07, 6.45) is 0. The van der Waals surface area contributed by atoms with Crippen LogP contribution in [0.3, 0.4) is 0 Å². The Morgan fingerprint density at radius 2 is 1.79 bits per heavy atom. The summed E-state index contributed by atoms with van der Waals surface area (Å²) in [4.78, 5) is 0. The normalized spacial score (nSPS) is 10.4. The predicted molar refractivity (Wildman–Crippen MR) is 100 cm³/mol. The number of tetrazole rings is 1. The molecule has 3 rings (SSSR count). The number of hydrogen-bond acceptors (Lipinski definition) is 5. The molecule has 0 saturated heterocycles. The van der Waals surface area contributed by atoms with E-state index in [1.54, 1.807) is 16.4 Å². The molecule has 7 heteroatoms. The van der Waals surface area contributed by atoms with Crippen molar-refractivity contribution in [2.24, 2.45) is 0 Å². The molecular formula is C17H20ClN5S. The van der Waals surface area contributed by atoms with Gasteiger partial charge < -0.3 is 5.32 Å². The zero-order chi connectivity index (χ0) is 15.9. The van der Waals surface area contributed by atoms with Crippen LogP contribution in [0.2, 0.25) is 0 Å². The highest BCUT2D eigenvalue weighted by atomic mass is 35.5. The minimum absolute atomic E-state index is 0. The van der Waals surface area contributed by atoms with Gasteiger partial charge in [-0.15, -0.1) is 17.5 Å². The average Bonchev–Trinajstić information content (AvgIpc) is 3.05. The van der Waals surface area contributed by atoms with Gasteiger partial charge in [0.05, 0.1) is 5.69 Å². The third-order valence-electron chi connectivity index (χ3n) is 3.40. The van der Waals surface area contributed by atoms with E-state index in [-0.39, 0.29) is 12.4 Å². The molecule has 5 nitrogen and oxygen atoms in total. The van der Waals surface area contributed by atoms with Crippen LogP contribution in [0.15, 0.2) is 59.8 Å². The van der Waals surface area contributed by atoms with Crippen molar-refractivity contribution in [2.45, 2.75) is 18.6 Å². The zero-order valence-corrected chi connectivity index (χ0v) is 15.1. The van der Waals surface area contributed by atoms with Gasteiger partial charge in [0, 0.05) is 18.8 Å². The van der Waals surface area contributed by atoms with Crippen molar-refractivity contribution in [2.75, 3.05) is 12.3 Å². The second-order valence-corrected chi connectivity index (χ2v) is 6.28. The molecule has 1 N–H and O–H groups in total. The standard InChI is InChI=1S/C17H19N5S.ClH/c1-14-7-9-15(10-8-14)13-18-11-12-23-17-19-20-21-22(17)16-5-3-2-4-6-16;/h2-10,18H,11-13H2,1H3;1H. The number of nitrogens with zero attached hydrogens (tertiary/aromatic N) is 4. The number of thioether (sulfide) groups is 1. The second-order valence-electron chi connectivity index (χ2n) is 5.22. The van der Waals surface area contributed by atoms with E-state index in [0.29, 0.717) is 0 Å². The summed E-state index contributed by atoms with van der Waals surface area (Å²) in [6.45, 7) is 3.88. The molecule has 0 saturated carbocycles. The van der Waals surface area contributed by atoms with E-state index in [4.69, 9.17) is 0 Å². The van der Waals surface area contributed by atoms with Gasteiger partial charge in [0.25, 0.3) is 0 Å². The number of hydrogen-bond donors (Lipinski definition) is 1. The van der Waals surface area contributed by atoms with Crippen LogP contribution in [0.5, 0.6) is 0 Å². The Bertz CT molecular complexity index is 730. The Morgan fingerprint density at radius 1 is 1.04 bits per heavy atom. The SMILES string of the molecule is Cc1ccc(CNCCSc2nnnn2-c2ccccc2)cc1.Cl. The van der Waals surface area contributed by atoms with Crippen LogP contribution >= 0.6 is 24.2 Å². The Hall–Kier alpha value is -1.89. The highest BCUT2D eigenvalue weighted by Crippen LogP contribution is 2.17. The molecule has 0 radical (unpaired) electrons. The van der Waals surface area contributed by atoms with Crippen LogP contribution in [0.4, 0.5) is 0 Å². The van der Waals surface area contributed by atoms with Crippen LogP contribution in [0.25, 0.3) is 5.69 Å². The lowest BCUT2D eigenvalue weighted by Crippen LogP contribution is -2.16. The topological polar surface area (TPSA) is 55.6 Å². The first-order valence-corrected chi connectivity index (χ1v) is 8.54. The number of aromatic nitrogens is 4. The minimum Gasteiger partial charge on any atom is -0.312 e. The van der Waals surface area contributed by atoms with Gasteiger partial charge in [-0.3, -0.25) is 0 Å². The van der Waals surface area contributed by atoms with Crippen molar-refractivity contribution < 1.29 is 0 Å². The molecule has 0 aliphatic carbocycles. The molecule has 0 unspecified atom stereocenters. The zero-order valence-electron chi connectivity index (χ0n) is 13.4. The lowest BCUT2D eigenvalue weighted by atomic mass is 10.1. The van der Waals surface area contributed by atoms with Crippen LogP contribution < -0.4 is 5.32 Å². The summed E-state index contributed by atoms with van der Waals surface area (Å²) in [5.74, 6) is 0.916. The molecule has 0 amide bonds.